The van der Waals surface area contributed by atoms with Crippen molar-refractivity contribution >= 4 is 11.8 Å². The van der Waals surface area contributed by atoms with Crippen molar-refractivity contribution in [3.05, 3.63) is 0 Å². The van der Waals surface area contributed by atoms with Crippen LogP contribution in [0.1, 0.15) is 59.8 Å². The standard InChI is InChI=1S/C16H30N2O3/c1-11(20)17-14(12-7-5-6-8-12)15(21)18-13(10-19)9-16(2,3)4/h12-14,19H,5-10H2,1-4H3,(H,17,20)(H,18,21). The Bertz CT molecular complexity index is 357. The lowest BCUT2D eigenvalue weighted by molar-refractivity contribution is -0.130. The van der Waals surface area contributed by atoms with Gasteiger partial charge in [-0.25, -0.2) is 0 Å². The first kappa shape index (κ1) is 18.0. The maximum Gasteiger partial charge on any atom is 0.243 e. The molecule has 1 aliphatic rings. The number of hydrogen-bond donors (Lipinski definition) is 3. The van der Waals surface area contributed by atoms with Gasteiger partial charge in [-0.3, -0.25) is 9.59 Å². The highest BCUT2D eigenvalue weighted by molar-refractivity contribution is 5.87. The maximum atomic E-state index is 12.5. The molecule has 3 N–H and O–H groups in total. The molecule has 0 saturated heterocycles. The molecule has 0 aromatic heterocycles. The molecular weight excluding hydrogens is 268 g/mol. The Labute approximate surface area is 127 Å². The molecule has 2 atom stereocenters. The molecule has 5 nitrogen and oxygen atoms in total. The van der Waals surface area contributed by atoms with Crippen molar-refractivity contribution in [1.82, 2.24) is 10.6 Å². The van der Waals surface area contributed by atoms with Gasteiger partial charge >= 0.3 is 0 Å². The number of carbonyl (C=O) groups is 2. The van der Waals surface area contributed by atoms with Crippen LogP contribution in [0.5, 0.6) is 0 Å². The molecular formula is C16H30N2O3. The second-order valence-corrected chi connectivity index (χ2v) is 7.38. The third-order valence-electron chi connectivity index (χ3n) is 3.94. The third kappa shape index (κ3) is 6.46. The minimum Gasteiger partial charge on any atom is -0.394 e. The van der Waals surface area contributed by atoms with Gasteiger partial charge in [0.25, 0.3) is 0 Å². The molecule has 0 heterocycles. The summed E-state index contributed by atoms with van der Waals surface area (Å²) in [5.74, 6) is -0.137. The Morgan fingerprint density at radius 2 is 1.76 bits per heavy atom. The second kappa shape index (κ2) is 7.78. The van der Waals surface area contributed by atoms with E-state index in [1.165, 1.54) is 6.92 Å². The summed E-state index contributed by atoms with van der Waals surface area (Å²) >= 11 is 0. The van der Waals surface area contributed by atoms with Crippen molar-refractivity contribution < 1.29 is 14.7 Å². The smallest absolute Gasteiger partial charge is 0.243 e. The maximum absolute atomic E-state index is 12.5. The van der Waals surface area contributed by atoms with Crippen LogP contribution >= 0.6 is 0 Å². The molecule has 1 saturated carbocycles. The Hall–Kier alpha value is -1.10. The first-order valence-electron chi connectivity index (χ1n) is 7.91. The van der Waals surface area contributed by atoms with Gasteiger partial charge in [-0.2, -0.15) is 0 Å². The largest absolute Gasteiger partial charge is 0.394 e. The molecule has 0 aliphatic heterocycles. The Morgan fingerprint density at radius 3 is 2.19 bits per heavy atom. The highest BCUT2D eigenvalue weighted by Gasteiger charge is 2.32. The Kier molecular flexibility index (Phi) is 6.65. The van der Waals surface area contributed by atoms with Gasteiger partial charge in [0, 0.05) is 6.92 Å². The van der Waals surface area contributed by atoms with Gasteiger partial charge in [-0.15, -0.1) is 0 Å². The second-order valence-electron chi connectivity index (χ2n) is 7.38. The summed E-state index contributed by atoms with van der Waals surface area (Å²) in [5, 5.41) is 15.1. The molecule has 0 spiro atoms. The predicted octanol–water partition coefficient (Wildman–Crippen LogP) is 1.59. The van der Waals surface area contributed by atoms with Crippen molar-refractivity contribution in [2.45, 2.75) is 71.9 Å². The Balaban J connectivity index is 2.67. The summed E-state index contributed by atoms with van der Waals surface area (Å²) in [7, 11) is 0. The normalized spacial score (nSPS) is 19.1. The molecule has 2 unspecified atom stereocenters. The summed E-state index contributed by atoms with van der Waals surface area (Å²) in [4.78, 5) is 23.8. The first-order valence-corrected chi connectivity index (χ1v) is 7.91. The predicted molar refractivity (Wildman–Crippen MR) is 82.7 cm³/mol. The van der Waals surface area contributed by atoms with E-state index in [9.17, 15) is 14.7 Å². The van der Waals surface area contributed by atoms with Crippen molar-refractivity contribution in [3.8, 4) is 0 Å². The SMILES string of the molecule is CC(=O)NC(C(=O)NC(CO)CC(C)(C)C)C1CCCC1. The average molecular weight is 298 g/mol. The van der Waals surface area contributed by atoms with Gasteiger partial charge in [0.15, 0.2) is 0 Å². The number of rotatable bonds is 6. The molecule has 21 heavy (non-hydrogen) atoms. The quantitative estimate of drug-likeness (QED) is 0.697. The summed E-state index contributed by atoms with van der Waals surface area (Å²) in [6.45, 7) is 7.58. The molecule has 0 aromatic rings. The number of nitrogens with one attached hydrogen (secondary N) is 2. The van der Waals surface area contributed by atoms with E-state index in [1.807, 2.05) is 0 Å². The van der Waals surface area contributed by atoms with Crippen molar-refractivity contribution in [2.75, 3.05) is 6.61 Å². The van der Waals surface area contributed by atoms with Crippen LogP contribution < -0.4 is 10.6 Å². The zero-order valence-electron chi connectivity index (χ0n) is 13.7. The molecule has 2 amide bonds. The lowest BCUT2D eigenvalue weighted by Crippen LogP contribution is -2.53. The van der Waals surface area contributed by atoms with Gasteiger partial charge < -0.3 is 15.7 Å². The van der Waals surface area contributed by atoms with Crippen LogP contribution in [-0.4, -0.2) is 35.6 Å². The monoisotopic (exact) mass is 298 g/mol. The van der Waals surface area contributed by atoms with Gasteiger partial charge in [-0.1, -0.05) is 33.6 Å². The number of aliphatic hydroxyl groups is 1. The summed E-state index contributed by atoms with van der Waals surface area (Å²) < 4.78 is 0. The zero-order chi connectivity index (χ0) is 16.0. The van der Waals surface area contributed by atoms with Crippen LogP contribution in [0.15, 0.2) is 0 Å². The minimum absolute atomic E-state index is 0.0253. The van der Waals surface area contributed by atoms with E-state index >= 15 is 0 Å². The fourth-order valence-electron chi connectivity index (χ4n) is 3.10. The summed E-state index contributed by atoms with van der Waals surface area (Å²) in [5.41, 5.74) is 0.0253. The molecule has 0 bridgehead atoms. The van der Waals surface area contributed by atoms with Crippen LogP contribution in [0, 0.1) is 11.3 Å². The lowest BCUT2D eigenvalue weighted by atomic mass is 9.88. The van der Waals surface area contributed by atoms with E-state index in [-0.39, 0.29) is 35.8 Å². The minimum atomic E-state index is -0.473. The highest BCUT2D eigenvalue weighted by atomic mass is 16.3. The first-order chi connectivity index (χ1) is 9.73. The Morgan fingerprint density at radius 1 is 1.19 bits per heavy atom. The van der Waals surface area contributed by atoms with Gasteiger partial charge in [0.2, 0.25) is 11.8 Å². The van der Waals surface area contributed by atoms with Crippen LogP contribution in [0.25, 0.3) is 0 Å². The third-order valence-corrected chi connectivity index (χ3v) is 3.94. The van der Waals surface area contributed by atoms with E-state index in [1.54, 1.807) is 0 Å². The van der Waals surface area contributed by atoms with Crippen LogP contribution in [-0.2, 0) is 9.59 Å². The zero-order valence-corrected chi connectivity index (χ0v) is 13.7. The number of aliphatic hydroxyl groups excluding tert-OH is 1. The van der Waals surface area contributed by atoms with Gasteiger partial charge in [0.05, 0.1) is 12.6 Å². The van der Waals surface area contributed by atoms with Crippen molar-refractivity contribution in [1.29, 1.82) is 0 Å². The van der Waals surface area contributed by atoms with E-state index in [4.69, 9.17) is 0 Å². The summed E-state index contributed by atoms with van der Waals surface area (Å²) in [6, 6.07) is -0.742. The van der Waals surface area contributed by atoms with Crippen LogP contribution in [0.3, 0.4) is 0 Å². The molecule has 5 heteroatoms. The molecule has 1 aliphatic carbocycles. The molecule has 122 valence electrons. The topological polar surface area (TPSA) is 78.4 Å². The van der Waals surface area contributed by atoms with E-state index < -0.39 is 6.04 Å². The summed E-state index contributed by atoms with van der Waals surface area (Å²) in [6.07, 6.45) is 4.87. The van der Waals surface area contributed by atoms with E-state index in [2.05, 4.69) is 31.4 Å². The van der Waals surface area contributed by atoms with Gasteiger partial charge in [-0.05, 0) is 30.6 Å². The molecule has 0 aromatic carbocycles. The van der Waals surface area contributed by atoms with Crippen LogP contribution in [0.2, 0.25) is 0 Å². The van der Waals surface area contributed by atoms with Gasteiger partial charge in [0.1, 0.15) is 6.04 Å². The number of amides is 2. The highest BCUT2D eigenvalue weighted by Crippen LogP contribution is 2.28. The molecule has 1 fully saturated rings. The molecule has 0 radical (unpaired) electrons. The fourth-order valence-corrected chi connectivity index (χ4v) is 3.10. The lowest BCUT2D eigenvalue weighted by Gasteiger charge is -2.29. The average Bonchev–Trinajstić information content (AvgIpc) is 2.86. The van der Waals surface area contributed by atoms with Crippen LogP contribution in [0.4, 0.5) is 0 Å². The van der Waals surface area contributed by atoms with E-state index in [0.29, 0.717) is 6.42 Å². The molecule has 1 rings (SSSR count). The van der Waals surface area contributed by atoms with E-state index in [0.717, 1.165) is 25.7 Å². The number of hydrogen-bond acceptors (Lipinski definition) is 3. The fraction of sp³-hybridized carbons (Fsp3) is 0.875. The van der Waals surface area contributed by atoms with Crippen molar-refractivity contribution in [3.63, 3.8) is 0 Å². The number of carbonyl (C=O) groups excluding carboxylic acids is 2. The van der Waals surface area contributed by atoms with Crippen molar-refractivity contribution in [2.24, 2.45) is 11.3 Å².